The maximum Gasteiger partial charge on any atom is 0.146 e. The fraction of sp³-hybridized carbons (Fsp3) is 0.875. The Morgan fingerprint density at radius 1 is 1.60 bits per heavy atom. The van der Waals surface area contributed by atoms with Gasteiger partial charge in [0.2, 0.25) is 0 Å². The largest absolute Gasteiger partial charge is 0.307 e. The van der Waals surface area contributed by atoms with E-state index in [1.165, 1.54) is 12.8 Å². The van der Waals surface area contributed by atoms with Crippen LogP contribution in [0.4, 0.5) is 0 Å². The molecule has 0 saturated carbocycles. The van der Waals surface area contributed by atoms with Gasteiger partial charge in [-0.3, -0.25) is 4.79 Å². The summed E-state index contributed by atoms with van der Waals surface area (Å²) in [7, 11) is 0. The Labute approximate surface area is 62.0 Å². The molecule has 1 aliphatic heterocycles. The SMILES string of the molecule is CC(=O)[C@@H]1NCCC[C@H]1C. The summed E-state index contributed by atoms with van der Waals surface area (Å²) < 4.78 is 0. The fourth-order valence-electron chi connectivity index (χ4n) is 1.59. The molecule has 1 rings (SSSR count). The van der Waals surface area contributed by atoms with Crippen molar-refractivity contribution < 1.29 is 4.79 Å². The van der Waals surface area contributed by atoms with Gasteiger partial charge in [0.05, 0.1) is 6.04 Å². The van der Waals surface area contributed by atoms with E-state index in [4.69, 9.17) is 0 Å². The molecule has 2 atom stereocenters. The average molecular weight is 141 g/mol. The van der Waals surface area contributed by atoms with E-state index in [-0.39, 0.29) is 11.8 Å². The lowest BCUT2D eigenvalue weighted by atomic mass is 9.90. The normalized spacial score (nSPS) is 33.8. The van der Waals surface area contributed by atoms with Crippen LogP contribution in [0.1, 0.15) is 26.7 Å². The van der Waals surface area contributed by atoms with Crippen molar-refractivity contribution in [2.24, 2.45) is 5.92 Å². The predicted molar refractivity (Wildman–Crippen MR) is 40.9 cm³/mol. The molecule has 2 heteroatoms. The lowest BCUT2D eigenvalue weighted by Gasteiger charge is -2.27. The molecule has 58 valence electrons. The molecule has 1 heterocycles. The van der Waals surface area contributed by atoms with Crippen molar-refractivity contribution in [1.29, 1.82) is 0 Å². The van der Waals surface area contributed by atoms with Crippen LogP contribution < -0.4 is 5.32 Å². The third-order valence-corrected chi connectivity index (χ3v) is 2.21. The van der Waals surface area contributed by atoms with Gasteiger partial charge in [-0.05, 0) is 32.2 Å². The van der Waals surface area contributed by atoms with Crippen molar-refractivity contribution in [3.8, 4) is 0 Å². The molecule has 0 unspecified atom stereocenters. The molecule has 1 fully saturated rings. The summed E-state index contributed by atoms with van der Waals surface area (Å²) in [6.07, 6.45) is 2.40. The molecule has 1 aliphatic rings. The summed E-state index contributed by atoms with van der Waals surface area (Å²) in [6, 6.07) is 0.133. The Morgan fingerprint density at radius 2 is 2.30 bits per heavy atom. The van der Waals surface area contributed by atoms with E-state index in [1.54, 1.807) is 6.92 Å². The Bertz CT molecular complexity index is 133. The van der Waals surface area contributed by atoms with Crippen LogP contribution in [0.2, 0.25) is 0 Å². The Hall–Kier alpha value is -0.370. The molecule has 0 amide bonds. The highest BCUT2D eigenvalue weighted by Crippen LogP contribution is 2.15. The van der Waals surface area contributed by atoms with Gasteiger partial charge >= 0.3 is 0 Å². The van der Waals surface area contributed by atoms with E-state index in [0.29, 0.717) is 5.92 Å². The van der Waals surface area contributed by atoms with Crippen molar-refractivity contribution in [2.75, 3.05) is 6.54 Å². The maximum atomic E-state index is 10.9. The third kappa shape index (κ3) is 1.57. The first-order valence-corrected chi connectivity index (χ1v) is 3.95. The Morgan fingerprint density at radius 3 is 2.70 bits per heavy atom. The monoisotopic (exact) mass is 141 g/mol. The van der Waals surface area contributed by atoms with Crippen LogP contribution in [0.5, 0.6) is 0 Å². The quantitative estimate of drug-likeness (QED) is 0.589. The number of rotatable bonds is 1. The van der Waals surface area contributed by atoms with E-state index in [9.17, 15) is 4.79 Å². The van der Waals surface area contributed by atoms with Crippen LogP contribution >= 0.6 is 0 Å². The summed E-state index contributed by atoms with van der Waals surface area (Å²) >= 11 is 0. The first-order chi connectivity index (χ1) is 4.72. The van der Waals surface area contributed by atoms with Gasteiger partial charge in [-0.25, -0.2) is 0 Å². The van der Waals surface area contributed by atoms with Crippen molar-refractivity contribution in [3.05, 3.63) is 0 Å². The number of Topliss-reactive ketones (excluding diaryl/α,β-unsaturated/α-hetero) is 1. The summed E-state index contributed by atoms with van der Waals surface area (Å²) in [6.45, 7) is 4.81. The lowest BCUT2D eigenvalue weighted by molar-refractivity contribution is -0.120. The van der Waals surface area contributed by atoms with Crippen LogP contribution in [0, 0.1) is 5.92 Å². The van der Waals surface area contributed by atoms with E-state index >= 15 is 0 Å². The molecule has 0 radical (unpaired) electrons. The minimum absolute atomic E-state index is 0.133. The minimum atomic E-state index is 0.133. The van der Waals surface area contributed by atoms with Crippen LogP contribution in [0.15, 0.2) is 0 Å². The van der Waals surface area contributed by atoms with Crippen LogP contribution in [0.25, 0.3) is 0 Å². The van der Waals surface area contributed by atoms with Crippen molar-refractivity contribution in [3.63, 3.8) is 0 Å². The summed E-state index contributed by atoms with van der Waals surface area (Å²) in [5.41, 5.74) is 0. The molecule has 0 spiro atoms. The molecule has 2 nitrogen and oxygen atoms in total. The number of carbonyl (C=O) groups excluding carboxylic acids is 1. The molecule has 0 aliphatic carbocycles. The lowest BCUT2D eigenvalue weighted by Crippen LogP contribution is -2.44. The van der Waals surface area contributed by atoms with Gasteiger partial charge in [0, 0.05) is 0 Å². The summed E-state index contributed by atoms with van der Waals surface area (Å²) in [5.74, 6) is 0.818. The van der Waals surface area contributed by atoms with Gasteiger partial charge in [-0.1, -0.05) is 6.92 Å². The summed E-state index contributed by atoms with van der Waals surface area (Å²) in [5, 5.41) is 3.22. The number of hydrogen-bond donors (Lipinski definition) is 1. The second kappa shape index (κ2) is 3.15. The number of ketones is 1. The average Bonchev–Trinajstić information content (AvgIpc) is 1.88. The zero-order valence-electron chi connectivity index (χ0n) is 6.68. The Kier molecular flexibility index (Phi) is 2.44. The molecule has 1 N–H and O–H groups in total. The number of piperidine rings is 1. The molecule has 1 saturated heterocycles. The highest BCUT2D eigenvalue weighted by Gasteiger charge is 2.23. The second-order valence-electron chi connectivity index (χ2n) is 3.16. The van der Waals surface area contributed by atoms with E-state index in [0.717, 1.165) is 6.54 Å². The molecule has 0 aromatic heterocycles. The smallest absolute Gasteiger partial charge is 0.146 e. The first kappa shape index (κ1) is 7.73. The van der Waals surface area contributed by atoms with Crippen LogP contribution in [-0.4, -0.2) is 18.4 Å². The molecular weight excluding hydrogens is 126 g/mol. The standard InChI is InChI=1S/C8H15NO/c1-6-4-3-5-9-8(6)7(2)10/h6,8-9H,3-5H2,1-2H3/t6-,8-/m1/s1. The van der Waals surface area contributed by atoms with E-state index in [2.05, 4.69) is 12.2 Å². The number of nitrogens with one attached hydrogen (secondary N) is 1. The second-order valence-corrected chi connectivity index (χ2v) is 3.16. The van der Waals surface area contributed by atoms with E-state index in [1.807, 2.05) is 0 Å². The van der Waals surface area contributed by atoms with Crippen molar-refractivity contribution in [1.82, 2.24) is 5.32 Å². The topological polar surface area (TPSA) is 29.1 Å². The predicted octanol–water partition coefficient (Wildman–Crippen LogP) is 0.964. The van der Waals surface area contributed by atoms with Gasteiger partial charge in [0.1, 0.15) is 5.78 Å². The van der Waals surface area contributed by atoms with Crippen molar-refractivity contribution in [2.45, 2.75) is 32.7 Å². The maximum absolute atomic E-state index is 10.9. The fourth-order valence-corrected chi connectivity index (χ4v) is 1.59. The zero-order chi connectivity index (χ0) is 7.56. The van der Waals surface area contributed by atoms with Crippen molar-refractivity contribution >= 4 is 5.78 Å². The number of carbonyl (C=O) groups is 1. The van der Waals surface area contributed by atoms with Gasteiger partial charge in [0.25, 0.3) is 0 Å². The third-order valence-electron chi connectivity index (χ3n) is 2.21. The van der Waals surface area contributed by atoms with Gasteiger partial charge < -0.3 is 5.32 Å². The summed E-state index contributed by atoms with van der Waals surface area (Å²) in [4.78, 5) is 10.9. The zero-order valence-corrected chi connectivity index (χ0v) is 6.68. The highest BCUT2D eigenvalue weighted by atomic mass is 16.1. The minimum Gasteiger partial charge on any atom is -0.307 e. The molecular formula is C8H15NO. The Balaban J connectivity index is 2.47. The first-order valence-electron chi connectivity index (χ1n) is 3.95. The van der Waals surface area contributed by atoms with E-state index < -0.39 is 0 Å². The van der Waals surface area contributed by atoms with Gasteiger partial charge in [-0.2, -0.15) is 0 Å². The highest BCUT2D eigenvalue weighted by molar-refractivity contribution is 5.81. The van der Waals surface area contributed by atoms with Crippen LogP contribution in [-0.2, 0) is 4.79 Å². The van der Waals surface area contributed by atoms with Gasteiger partial charge in [0.15, 0.2) is 0 Å². The van der Waals surface area contributed by atoms with Gasteiger partial charge in [-0.15, -0.1) is 0 Å². The molecule has 0 bridgehead atoms. The van der Waals surface area contributed by atoms with Crippen LogP contribution in [0.3, 0.4) is 0 Å². The molecule has 0 aromatic carbocycles. The number of hydrogen-bond acceptors (Lipinski definition) is 2. The molecule has 10 heavy (non-hydrogen) atoms. The molecule has 0 aromatic rings.